The number of benzene rings is 1. The summed E-state index contributed by atoms with van der Waals surface area (Å²) in [5.74, 6) is 0. The zero-order valence-electron chi connectivity index (χ0n) is 10.4. The van der Waals surface area contributed by atoms with Crippen LogP contribution in [0.15, 0.2) is 39.0 Å². The average Bonchev–Trinajstić information content (AvgIpc) is 2.66. The maximum absolute atomic E-state index is 11.6. The third-order valence-corrected chi connectivity index (χ3v) is 6.48. The Morgan fingerprint density at radius 2 is 1.95 bits per heavy atom. The molecule has 0 bridgehead atoms. The molecule has 0 radical (unpaired) electrons. The molecule has 2 aromatic rings. The van der Waals surface area contributed by atoms with Gasteiger partial charge in [0.05, 0.1) is 13.5 Å². The SMILES string of the molecule is Cc1sc(Br)cc1C(Br)c1cccc(S(C)(=O)=O)c1. The van der Waals surface area contributed by atoms with Gasteiger partial charge in [-0.25, -0.2) is 8.42 Å². The van der Waals surface area contributed by atoms with E-state index < -0.39 is 9.84 Å². The summed E-state index contributed by atoms with van der Waals surface area (Å²) in [6.45, 7) is 2.05. The summed E-state index contributed by atoms with van der Waals surface area (Å²) in [7, 11) is -3.17. The van der Waals surface area contributed by atoms with Crippen molar-refractivity contribution in [1.29, 1.82) is 0 Å². The first-order chi connectivity index (χ1) is 8.79. The highest BCUT2D eigenvalue weighted by atomic mass is 79.9. The fourth-order valence-corrected chi connectivity index (χ4v) is 5.13. The Kier molecular flexibility index (Phi) is 4.55. The van der Waals surface area contributed by atoms with Crippen LogP contribution in [-0.2, 0) is 9.84 Å². The molecule has 0 amide bonds. The molecule has 2 rings (SSSR count). The number of hydrogen-bond donors (Lipinski definition) is 0. The number of aryl methyl sites for hydroxylation is 1. The number of sulfone groups is 1. The van der Waals surface area contributed by atoms with E-state index in [4.69, 9.17) is 0 Å². The van der Waals surface area contributed by atoms with Crippen LogP contribution in [0.4, 0.5) is 0 Å². The van der Waals surface area contributed by atoms with Gasteiger partial charge >= 0.3 is 0 Å². The van der Waals surface area contributed by atoms with Crippen LogP contribution < -0.4 is 0 Å². The van der Waals surface area contributed by atoms with E-state index in [1.807, 2.05) is 6.07 Å². The van der Waals surface area contributed by atoms with E-state index in [-0.39, 0.29) is 4.83 Å². The van der Waals surface area contributed by atoms with E-state index in [1.54, 1.807) is 29.5 Å². The highest BCUT2D eigenvalue weighted by Gasteiger charge is 2.17. The summed E-state index contributed by atoms with van der Waals surface area (Å²) in [5, 5.41) is 0. The molecule has 0 N–H and O–H groups in total. The molecule has 0 aliphatic carbocycles. The van der Waals surface area contributed by atoms with Gasteiger partial charge in [-0.05, 0) is 52.2 Å². The molecule has 1 heterocycles. The molecule has 0 saturated heterocycles. The van der Waals surface area contributed by atoms with Crippen LogP contribution >= 0.6 is 43.2 Å². The van der Waals surface area contributed by atoms with Crippen molar-refractivity contribution in [1.82, 2.24) is 0 Å². The molecule has 6 heteroatoms. The van der Waals surface area contributed by atoms with Crippen molar-refractivity contribution in [2.75, 3.05) is 6.26 Å². The van der Waals surface area contributed by atoms with Gasteiger partial charge in [-0.3, -0.25) is 0 Å². The molecule has 1 aromatic heterocycles. The van der Waals surface area contributed by atoms with Crippen LogP contribution in [0, 0.1) is 6.92 Å². The molecular formula is C13H12Br2O2S2. The molecule has 102 valence electrons. The van der Waals surface area contributed by atoms with Gasteiger partial charge in [0.1, 0.15) is 0 Å². The topological polar surface area (TPSA) is 34.1 Å². The minimum Gasteiger partial charge on any atom is -0.224 e. The molecule has 1 aromatic carbocycles. The molecule has 0 saturated carbocycles. The summed E-state index contributed by atoms with van der Waals surface area (Å²) >= 11 is 8.79. The minimum absolute atomic E-state index is 0.00301. The standard InChI is InChI=1S/C13H12Br2O2S2/c1-8-11(7-12(14)18-8)13(15)9-4-3-5-10(6-9)19(2,16)17/h3-7,13H,1-2H3. The third-order valence-electron chi connectivity index (χ3n) is 2.78. The Labute approximate surface area is 134 Å². The van der Waals surface area contributed by atoms with Crippen LogP contribution in [0.25, 0.3) is 0 Å². The lowest BCUT2D eigenvalue weighted by Crippen LogP contribution is -1.99. The zero-order valence-corrected chi connectivity index (χ0v) is 15.2. The summed E-state index contributed by atoms with van der Waals surface area (Å²) in [6.07, 6.45) is 1.22. The van der Waals surface area contributed by atoms with Gasteiger partial charge in [-0.1, -0.05) is 28.1 Å². The molecular weight excluding hydrogens is 412 g/mol. The lowest BCUT2D eigenvalue weighted by atomic mass is 10.1. The van der Waals surface area contributed by atoms with Crippen LogP contribution in [0.2, 0.25) is 0 Å². The number of alkyl halides is 1. The van der Waals surface area contributed by atoms with Crippen LogP contribution in [-0.4, -0.2) is 14.7 Å². The Morgan fingerprint density at radius 3 is 2.47 bits per heavy atom. The first-order valence-electron chi connectivity index (χ1n) is 5.49. The lowest BCUT2D eigenvalue weighted by Gasteiger charge is -2.11. The lowest BCUT2D eigenvalue weighted by molar-refractivity contribution is 0.602. The highest BCUT2D eigenvalue weighted by molar-refractivity contribution is 9.11. The van der Waals surface area contributed by atoms with Crippen molar-refractivity contribution >= 4 is 53.0 Å². The largest absolute Gasteiger partial charge is 0.224 e. The highest BCUT2D eigenvalue weighted by Crippen LogP contribution is 2.38. The maximum atomic E-state index is 11.6. The number of rotatable bonds is 3. The van der Waals surface area contributed by atoms with Gasteiger partial charge in [0, 0.05) is 11.1 Å². The molecule has 0 aliphatic rings. The molecule has 0 aliphatic heterocycles. The van der Waals surface area contributed by atoms with Crippen LogP contribution in [0.1, 0.15) is 20.8 Å². The van der Waals surface area contributed by atoms with Crippen molar-refractivity contribution in [3.63, 3.8) is 0 Å². The van der Waals surface area contributed by atoms with Crippen molar-refractivity contribution in [3.8, 4) is 0 Å². The summed E-state index contributed by atoms with van der Waals surface area (Å²) in [4.78, 5) is 1.55. The van der Waals surface area contributed by atoms with Crippen LogP contribution in [0.5, 0.6) is 0 Å². The summed E-state index contributed by atoms with van der Waals surface area (Å²) < 4.78 is 24.3. The number of halogens is 2. The first kappa shape index (κ1) is 15.2. The quantitative estimate of drug-likeness (QED) is 0.670. The predicted molar refractivity (Wildman–Crippen MR) is 87.1 cm³/mol. The second kappa shape index (κ2) is 5.68. The molecule has 1 unspecified atom stereocenters. The van der Waals surface area contributed by atoms with Crippen molar-refractivity contribution in [3.05, 3.63) is 50.1 Å². The van der Waals surface area contributed by atoms with Crippen molar-refractivity contribution in [2.45, 2.75) is 16.6 Å². The maximum Gasteiger partial charge on any atom is 0.175 e. The van der Waals surface area contributed by atoms with Crippen molar-refractivity contribution < 1.29 is 8.42 Å². The van der Waals surface area contributed by atoms with E-state index in [0.717, 1.165) is 14.9 Å². The summed E-state index contributed by atoms with van der Waals surface area (Å²) in [6, 6.07) is 9.11. The van der Waals surface area contributed by atoms with Gasteiger partial charge in [-0.2, -0.15) is 0 Å². The normalized spacial score (nSPS) is 13.5. The second-order valence-electron chi connectivity index (χ2n) is 4.27. The Bertz CT molecular complexity index is 705. The molecule has 0 spiro atoms. The summed E-state index contributed by atoms with van der Waals surface area (Å²) in [5.41, 5.74) is 2.10. The molecule has 2 nitrogen and oxygen atoms in total. The Morgan fingerprint density at radius 1 is 1.26 bits per heavy atom. The van der Waals surface area contributed by atoms with Crippen molar-refractivity contribution in [2.24, 2.45) is 0 Å². The van der Waals surface area contributed by atoms with Gasteiger partial charge < -0.3 is 0 Å². The monoisotopic (exact) mass is 422 g/mol. The molecule has 19 heavy (non-hydrogen) atoms. The zero-order chi connectivity index (χ0) is 14.2. The molecule has 0 fully saturated rings. The smallest absolute Gasteiger partial charge is 0.175 e. The fraction of sp³-hybridized carbons (Fsp3) is 0.231. The van der Waals surface area contributed by atoms with E-state index >= 15 is 0 Å². The van der Waals surface area contributed by atoms with Gasteiger partial charge in [0.15, 0.2) is 9.84 Å². The fourth-order valence-electron chi connectivity index (χ4n) is 1.79. The minimum atomic E-state index is -3.17. The van der Waals surface area contributed by atoms with E-state index in [2.05, 4.69) is 44.8 Å². The Hall–Kier alpha value is -0.170. The van der Waals surface area contributed by atoms with E-state index in [1.165, 1.54) is 11.1 Å². The Balaban J connectivity index is 2.45. The second-order valence-corrected chi connectivity index (χ2v) is 9.84. The van der Waals surface area contributed by atoms with Gasteiger partial charge in [-0.15, -0.1) is 11.3 Å². The predicted octanol–water partition coefficient (Wildman–Crippen LogP) is 4.71. The van der Waals surface area contributed by atoms with Gasteiger partial charge in [0.2, 0.25) is 0 Å². The third kappa shape index (κ3) is 3.48. The molecule has 1 atom stereocenters. The van der Waals surface area contributed by atoms with E-state index in [0.29, 0.717) is 4.90 Å². The van der Waals surface area contributed by atoms with E-state index in [9.17, 15) is 8.42 Å². The number of hydrogen-bond acceptors (Lipinski definition) is 3. The first-order valence-corrected chi connectivity index (χ1v) is 9.90. The average molecular weight is 424 g/mol. The van der Waals surface area contributed by atoms with Crippen LogP contribution in [0.3, 0.4) is 0 Å². The van der Waals surface area contributed by atoms with Gasteiger partial charge in [0.25, 0.3) is 0 Å². The number of thiophene rings is 1.